The molecular formula is C21H26F3NO3S. The van der Waals surface area contributed by atoms with Gasteiger partial charge in [0, 0.05) is 18.0 Å². The molecule has 1 aromatic rings. The number of benzene rings is 1. The smallest absolute Gasteiger partial charge is 0.376 e. The second kappa shape index (κ2) is 6.61. The van der Waals surface area contributed by atoms with Gasteiger partial charge in [0.25, 0.3) is 0 Å². The van der Waals surface area contributed by atoms with Crippen molar-refractivity contribution in [3.05, 3.63) is 29.3 Å². The summed E-state index contributed by atoms with van der Waals surface area (Å²) >= 11 is 0. The van der Waals surface area contributed by atoms with E-state index in [2.05, 4.69) is 9.08 Å². The van der Waals surface area contributed by atoms with Crippen molar-refractivity contribution in [1.82, 2.24) is 4.90 Å². The summed E-state index contributed by atoms with van der Waals surface area (Å²) in [4.78, 5) is 2.66. The lowest BCUT2D eigenvalue weighted by Crippen LogP contribution is -2.61. The van der Waals surface area contributed by atoms with Crippen molar-refractivity contribution in [2.24, 2.45) is 11.8 Å². The van der Waals surface area contributed by atoms with Crippen molar-refractivity contribution in [1.29, 1.82) is 0 Å². The first-order valence-electron chi connectivity index (χ1n) is 10.6. The van der Waals surface area contributed by atoms with Crippen LogP contribution in [0.5, 0.6) is 5.75 Å². The molecule has 5 rings (SSSR count). The zero-order chi connectivity index (χ0) is 20.4. The number of hydrogen-bond acceptors (Lipinski definition) is 4. The number of fused-ring (bicyclic) bond motifs is 1. The second-order valence-corrected chi connectivity index (χ2v) is 10.8. The van der Waals surface area contributed by atoms with Gasteiger partial charge in [0.05, 0.1) is 0 Å². The fourth-order valence-corrected chi connectivity index (χ4v) is 6.60. The van der Waals surface area contributed by atoms with E-state index in [9.17, 15) is 21.6 Å². The highest BCUT2D eigenvalue weighted by Crippen LogP contribution is 2.56. The lowest BCUT2D eigenvalue weighted by molar-refractivity contribution is -0.0500. The summed E-state index contributed by atoms with van der Waals surface area (Å²) in [5, 5.41) is 0. The third kappa shape index (κ3) is 3.26. The molecule has 160 valence electrons. The van der Waals surface area contributed by atoms with Crippen LogP contribution in [-0.4, -0.2) is 38.0 Å². The molecule has 1 aromatic carbocycles. The van der Waals surface area contributed by atoms with Crippen LogP contribution in [0.4, 0.5) is 13.2 Å². The Morgan fingerprint density at radius 3 is 2.66 bits per heavy atom. The van der Waals surface area contributed by atoms with Crippen LogP contribution in [0.15, 0.2) is 18.2 Å². The standard InChI is InChI=1S/C21H26F3NO3S/c22-21(23,24)29(26,27)28-16-7-6-15-11-19-17-3-1-2-8-20(17,18(15)12-16)9-10-25(19)13-14-4-5-14/h6-7,12,14,17,19H,1-5,8-11,13H2. The molecule has 1 saturated heterocycles. The first kappa shape index (κ1) is 19.7. The largest absolute Gasteiger partial charge is 0.534 e. The fourth-order valence-electron chi connectivity index (χ4n) is 6.15. The van der Waals surface area contributed by atoms with Crippen LogP contribution < -0.4 is 4.18 Å². The van der Waals surface area contributed by atoms with E-state index < -0.39 is 15.6 Å². The molecule has 0 aromatic heterocycles. The number of piperidine rings is 1. The Balaban J connectivity index is 1.51. The van der Waals surface area contributed by atoms with Crippen LogP contribution in [-0.2, 0) is 22.0 Å². The van der Waals surface area contributed by atoms with Crippen LogP contribution >= 0.6 is 0 Å². The van der Waals surface area contributed by atoms with Crippen molar-refractivity contribution < 1.29 is 25.8 Å². The first-order valence-corrected chi connectivity index (χ1v) is 12.0. The number of rotatable bonds is 4. The Hall–Kier alpha value is -1.28. The lowest BCUT2D eigenvalue weighted by atomic mass is 9.52. The summed E-state index contributed by atoms with van der Waals surface area (Å²) in [6.07, 6.45) is 8.98. The zero-order valence-electron chi connectivity index (χ0n) is 16.2. The van der Waals surface area contributed by atoms with E-state index in [0.717, 1.165) is 62.2 Å². The molecule has 2 bridgehead atoms. The number of hydrogen-bond donors (Lipinski definition) is 0. The summed E-state index contributed by atoms with van der Waals surface area (Å²) < 4.78 is 65.7. The molecule has 0 spiro atoms. The van der Waals surface area contributed by atoms with Crippen molar-refractivity contribution in [3.8, 4) is 5.75 Å². The van der Waals surface area contributed by atoms with Crippen LogP contribution in [0, 0.1) is 11.8 Å². The molecule has 4 nitrogen and oxygen atoms in total. The van der Waals surface area contributed by atoms with Gasteiger partial charge in [0.15, 0.2) is 0 Å². The molecule has 1 heterocycles. The molecular weight excluding hydrogens is 403 g/mol. The Morgan fingerprint density at radius 2 is 1.93 bits per heavy atom. The number of halogens is 3. The van der Waals surface area contributed by atoms with Gasteiger partial charge < -0.3 is 4.18 Å². The van der Waals surface area contributed by atoms with Gasteiger partial charge >= 0.3 is 15.6 Å². The van der Waals surface area contributed by atoms with E-state index in [0.29, 0.717) is 12.0 Å². The number of nitrogens with zero attached hydrogens (tertiary/aromatic N) is 1. The van der Waals surface area contributed by atoms with Gasteiger partial charge in [-0.25, -0.2) is 0 Å². The SMILES string of the molecule is O=S(=O)(Oc1ccc2c(c1)C13CCCCC1C(C2)N(CC1CC1)CC3)C(F)(F)F. The molecule has 0 radical (unpaired) electrons. The summed E-state index contributed by atoms with van der Waals surface area (Å²) in [5.74, 6) is 1.10. The van der Waals surface area contributed by atoms with Crippen LogP contribution in [0.25, 0.3) is 0 Å². The summed E-state index contributed by atoms with van der Waals surface area (Å²) in [6.45, 7) is 2.18. The average Bonchev–Trinajstić information content (AvgIpc) is 3.47. The number of likely N-dealkylation sites (tertiary alicyclic amines) is 1. The maximum absolute atomic E-state index is 12.8. The summed E-state index contributed by atoms with van der Waals surface area (Å²) in [6, 6.07) is 5.24. The molecule has 29 heavy (non-hydrogen) atoms. The van der Waals surface area contributed by atoms with Crippen molar-refractivity contribution in [3.63, 3.8) is 0 Å². The Morgan fingerprint density at radius 1 is 1.14 bits per heavy atom. The lowest BCUT2D eigenvalue weighted by Gasteiger charge is -2.59. The second-order valence-electron chi connectivity index (χ2n) is 9.27. The molecule has 0 N–H and O–H groups in total. The van der Waals surface area contributed by atoms with E-state index in [1.54, 1.807) is 12.1 Å². The minimum absolute atomic E-state index is 0.0576. The predicted octanol–water partition coefficient (Wildman–Crippen LogP) is 4.38. The topological polar surface area (TPSA) is 46.6 Å². The van der Waals surface area contributed by atoms with Gasteiger partial charge in [-0.2, -0.15) is 21.6 Å². The van der Waals surface area contributed by atoms with E-state index in [4.69, 9.17) is 0 Å². The number of alkyl halides is 3. The van der Waals surface area contributed by atoms with Gasteiger partial charge in [-0.15, -0.1) is 0 Å². The van der Waals surface area contributed by atoms with E-state index in [-0.39, 0.29) is 11.2 Å². The molecule has 1 aliphatic heterocycles. The van der Waals surface area contributed by atoms with E-state index in [1.165, 1.54) is 25.3 Å². The first-order chi connectivity index (χ1) is 13.7. The Kier molecular flexibility index (Phi) is 4.48. The van der Waals surface area contributed by atoms with E-state index in [1.807, 2.05) is 0 Å². The maximum atomic E-state index is 12.8. The normalized spacial score (nSPS) is 32.4. The Labute approximate surface area is 169 Å². The minimum Gasteiger partial charge on any atom is -0.376 e. The monoisotopic (exact) mass is 429 g/mol. The fraction of sp³-hybridized carbons (Fsp3) is 0.714. The average molecular weight is 430 g/mol. The molecule has 4 aliphatic rings. The minimum atomic E-state index is -5.65. The van der Waals surface area contributed by atoms with Gasteiger partial charge in [-0.05, 0) is 80.2 Å². The highest BCUT2D eigenvalue weighted by molar-refractivity contribution is 7.88. The maximum Gasteiger partial charge on any atom is 0.534 e. The molecule has 0 amide bonds. The molecule has 3 aliphatic carbocycles. The third-order valence-electron chi connectivity index (χ3n) is 7.60. The third-order valence-corrected chi connectivity index (χ3v) is 8.58. The van der Waals surface area contributed by atoms with E-state index >= 15 is 0 Å². The van der Waals surface area contributed by atoms with Gasteiger partial charge in [-0.1, -0.05) is 18.9 Å². The highest BCUT2D eigenvalue weighted by Gasteiger charge is 2.54. The predicted molar refractivity (Wildman–Crippen MR) is 102 cm³/mol. The summed E-state index contributed by atoms with van der Waals surface area (Å²) in [5.41, 5.74) is -3.31. The molecule has 3 unspecified atom stereocenters. The van der Waals surface area contributed by atoms with Crippen molar-refractivity contribution >= 4 is 10.1 Å². The van der Waals surface area contributed by atoms with Gasteiger partial charge in [-0.3, -0.25) is 4.90 Å². The van der Waals surface area contributed by atoms with Crippen molar-refractivity contribution in [2.75, 3.05) is 13.1 Å². The van der Waals surface area contributed by atoms with Crippen LogP contribution in [0.1, 0.15) is 56.1 Å². The van der Waals surface area contributed by atoms with Crippen LogP contribution in [0.2, 0.25) is 0 Å². The van der Waals surface area contributed by atoms with Gasteiger partial charge in [0.2, 0.25) is 0 Å². The molecule has 3 fully saturated rings. The molecule has 8 heteroatoms. The van der Waals surface area contributed by atoms with Gasteiger partial charge in [0.1, 0.15) is 5.75 Å². The molecule has 2 saturated carbocycles. The Bertz CT molecular complexity index is 912. The zero-order valence-corrected chi connectivity index (χ0v) is 17.1. The highest BCUT2D eigenvalue weighted by atomic mass is 32.2. The molecule has 3 atom stereocenters. The summed E-state index contributed by atoms with van der Waals surface area (Å²) in [7, 11) is -5.65. The van der Waals surface area contributed by atoms with Crippen LogP contribution in [0.3, 0.4) is 0 Å². The van der Waals surface area contributed by atoms with Crippen molar-refractivity contribution in [2.45, 2.75) is 68.3 Å². The quantitative estimate of drug-likeness (QED) is 0.526.